The fourth-order valence-electron chi connectivity index (χ4n) is 2.86. The Bertz CT molecular complexity index is 1160. The molecule has 1 saturated heterocycles. The molecule has 0 spiro atoms. The van der Waals surface area contributed by atoms with Crippen LogP contribution in [-0.2, 0) is 9.59 Å². The predicted molar refractivity (Wildman–Crippen MR) is 106 cm³/mol. The van der Waals surface area contributed by atoms with E-state index in [9.17, 15) is 14.4 Å². The summed E-state index contributed by atoms with van der Waals surface area (Å²) in [5.41, 5.74) is 3.69. The summed E-state index contributed by atoms with van der Waals surface area (Å²) in [6, 6.07) is 16.0. The molecule has 2 heterocycles. The van der Waals surface area contributed by atoms with E-state index in [0.29, 0.717) is 27.8 Å². The summed E-state index contributed by atoms with van der Waals surface area (Å²) in [6.07, 6.45) is 1.36. The lowest BCUT2D eigenvalue weighted by Gasteiger charge is -2.14. The van der Waals surface area contributed by atoms with Gasteiger partial charge in [-0.05, 0) is 48.5 Å². The molecule has 1 fully saturated rings. The Morgan fingerprint density at radius 3 is 2.52 bits per heavy atom. The molecule has 0 aliphatic carbocycles. The number of furan rings is 1. The van der Waals surface area contributed by atoms with Crippen molar-refractivity contribution in [1.29, 1.82) is 0 Å². The van der Waals surface area contributed by atoms with Crippen LogP contribution in [0.4, 0.5) is 5.69 Å². The number of carboxylic acid groups (broad SMARTS) is 1. The molecule has 0 bridgehead atoms. The second kappa shape index (κ2) is 7.29. The van der Waals surface area contributed by atoms with Crippen LogP contribution in [0.5, 0.6) is 0 Å². The first-order valence-electron chi connectivity index (χ1n) is 8.48. The van der Waals surface area contributed by atoms with Gasteiger partial charge in [-0.2, -0.15) is 0 Å². The van der Waals surface area contributed by atoms with E-state index in [0.717, 1.165) is 5.01 Å². The van der Waals surface area contributed by atoms with E-state index in [1.54, 1.807) is 48.5 Å². The molecule has 8 heteroatoms. The van der Waals surface area contributed by atoms with Gasteiger partial charge in [-0.3, -0.25) is 15.0 Å². The maximum absolute atomic E-state index is 12.6. The first-order valence-corrected chi connectivity index (χ1v) is 8.86. The van der Waals surface area contributed by atoms with Crippen LogP contribution in [0.2, 0.25) is 5.02 Å². The number of carbonyl (C=O) groups is 3. The summed E-state index contributed by atoms with van der Waals surface area (Å²) < 4.78 is 5.69. The maximum Gasteiger partial charge on any atom is 0.335 e. The molecule has 0 unspecified atom stereocenters. The Hall–Kier alpha value is -3.84. The van der Waals surface area contributed by atoms with E-state index in [2.05, 4.69) is 5.43 Å². The van der Waals surface area contributed by atoms with Gasteiger partial charge in [-0.25, -0.2) is 9.80 Å². The van der Waals surface area contributed by atoms with Gasteiger partial charge in [-0.1, -0.05) is 29.8 Å². The number of anilines is 1. The average molecular weight is 409 g/mol. The summed E-state index contributed by atoms with van der Waals surface area (Å²) in [5.74, 6) is -1.31. The van der Waals surface area contributed by atoms with Crippen LogP contribution in [0, 0.1) is 0 Å². The summed E-state index contributed by atoms with van der Waals surface area (Å²) in [6.45, 7) is 0. The monoisotopic (exact) mass is 408 g/mol. The highest BCUT2D eigenvalue weighted by Gasteiger charge is 2.34. The molecule has 2 amide bonds. The lowest BCUT2D eigenvalue weighted by Crippen LogP contribution is -2.35. The van der Waals surface area contributed by atoms with Crippen LogP contribution >= 0.6 is 11.6 Å². The second-order valence-electron chi connectivity index (χ2n) is 6.20. The van der Waals surface area contributed by atoms with Gasteiger partial charge in [0.1, 0.15) is 17.1 Å². The van der Waals surface area contributed by atoms with Gasteiger partial charge in [0.2, 0.25) is 0 Å². The summed E-state index contributed by atoms with van der Waals surface area (Å²) >= 11 is 5.95. The van der Waals surface area contributed by atoms with Crippen molar-refractivity contribution >= 4 is 41.1 Å². The molecule has 0 atom stereocenters. The highest BCUT2D eigenvalue weighted by molar-refractivity contribution is 6.33. The number of hydrogen-bond acceptors (Lipinski definition) is 4. The molecule has 0 saturated carbocycles. The molecular formula is C21H13ClN2O5. The number of nitrogens with zero attached hydrogens (tertiary/aromatic N) is 1. The van der Waals surface area contributed by atoms with Gasteiger partial charge in [0.15, 0.2) is 0 Å². The number of hydrazine groups is 1. The number of aromatic carboxylic acids is 1. The van der Waals surface area contributed by atoms with Crippen molar-refractivity contribution in [1.82, 2.24) is 5.43 Å². The van der Waals surface area contributed by atoms with Gasteiger partial charge in [0.05, 0.1) is 11.3 Å². The highest BCUT2D eigenvalue weighted by Crippen LogP contribution is 2.27. The van der Waals surface area contributed by atoms with Gasteiger partial charge >= 0.3 is 5.97 Å². The number of rotatable bonds is 4. The van der Waals surface area contributed by atoms with Gasteiger partial charge in [-0.15, -0.1) is 0 Å². The third-order valence-corrected chi connectivity index (χ3v) is 4.52. The topological polar surface area (TPSA) is 99.9 Å². The SMILES string of the molecule is O=C1NN(c2cccc(Cl)c2)C(=O)/C1=C\c1ccc(-c2ccc(C(=O)O)cc2)o1. The number of hydrogen-bond donors (Lipinski definition) is 2. The molecule has 1 aliphatic rings. The highest BCUT2D eigenvalue weighted by atomic mass is 35.5. The van der Waals surface area contributed by atoms with Crippen molar-refractivity contribution in [2.45, 2.75) is 0 Å². The summed E-state index contributed by atoms with van der Waals surface area (Å²) in [7, 11) is 0. The molecule has 2 aromatic carbocycles. The van der Waals surface area contributed by atoms with E-state index >= 15 is 0 Å². The maximum atomic E-state index is 12.6. The minimum Gasteiger partial charge on any atom is -0.478 e. The minimum atomic E-state index is -1.02. The molecule has 29 heavy (non-hydrogen) atoms. The van der Waals surface area contributed by atoms with Crippen LogP contribution in [0.25, 0.3) is 17.4 Å². The zero-order valence-electron chi connectivity index (χ0n) is 14.8. The molecule has 0 radical (unpaired) electrons. The van der Waals surface area contributed by atoms with Crippen molar-refractivity contribution in [3.8, 4) is 11.3 Å². The fourth-order valence-corrected chi connectivity index (χ4v) is 3.04. The molecule has 7 nitrogen and oxygen atoms in total. The van der Waals surface area contributed by atoms with Crippen molar-refractivity contribution in [3.05, 3.63) is 82.6 Å². The number of nitrogens with one attached hydrogen (secondary N) is 1. The zero-order chi connectivity index (χ0) is 20.5. The van der Waals surface area contributed by atoms with Crippen molar-refractivity contribution in [2.75, 3.05) is 5.01 Å². The van der Waals surface area contributed by atoms with Crippen LogP contribution < -0.4 is 10.4 Å². The van der Waals surface area contributed by atoms with Crippen LogP contribution in [-0.4, -0.2) is 22.9 Å². The lowest BCUT2D eigenvalue weighted by atomic mass is 10.1. The quantitative estimate of drug-likeness (QED) is 0.505. The molecule has 2 N–H and O–H groups in total. The van der Waals surface area contributed by atoms with Gasteiger partial charge in [0.25, 0.3) is 11.8 Å². The third kappa shape index (κ3) is 3.63. The number of carboxylic acids is 1. The molecule has 1 aromatic heterocycles. The molecule has 3 aromatic rings. The van der Waals surface area contributed by atoms with Crippen molar-refractivity contribution < 1.29 is 23.9 Å². The van der Waals surface area contributed by atoms with Crippen molar-refractivity contribution in [3.63, 3.8) is 0 Å². The third-order valence-electron chi connectivity index (χ3n) is 4.29. The van der Waals surface area contributed by atoms with E-state index in [-0.39, 0.29) is 11.1 Å². The number of halogens is 1. The first-order chi connectivity index (χ1) is 13.9. The fraction of sp³-hybridized carbons (Fsp3) is 0. The molecular weight excluding hydrogens is 396 g/mol. The standard InChI is InChI=1S/C21H13ClN2O5/c22-14-2-1-3-15(10-14)24-20(26)17(19(25)23-24)11-16-8-9-18(29-16)12-4-6-13(7-5-12)21(27)28/h1-11H,(H,23,25)(H,27,28)/b17-11-. The molecule has 1 aliphatic heterocycles. The predicted octanol–water partition coefficient (Wildman–Crippen LogP) is 3.76. The Morgan fingerprint density at radius 1 is 1.07 bits per heavy atom. The normalized spacial score (nSPS) is 15.1. The number of carbonyl (C=O) groups excluding carboxylic acids is 2. The summed E-state index contributed by atoms with van der Waals surface area (Å²) in [5, 5.41) is 10.5. The molecule has 4 rings (SSSR count). The number of amides is 2. The Morgan fingerprint density at radius 2 is 1.83 bits per heavy atom. The van der Waals surface area contributed by atoms with Gasteiger partial charge < -0.3 is 9.52 Å². The average Bonchev–Trinajstić information content (AvgIpc) is 3.28. The smallest absolute Gasteiger partial charge is 0.335 e. The Labute approximate surface area is 169 Å². The Balaban J connectivity index is 1.59. The van der Waals surface area contributed by atoms with Crippen LogP contribution in [0.1, 0.15) is 16.1 Å². The largest absolute Gasteiger partial charge is 0.478 e. The van der Waals surface area contributed by atoms with E-state index in [1.165, 1.54) is 18.2 Å². The first kappa shape index (κ1) is 18.5. The van der Waals surface area contributed by atoms with Gasteiger partial charge in [0, 0.05) is 10.6 Å². The van der Waals surface area contributed by atoms with Crippen molar-refractivity contribution in [2.24, 2.45) is 0 Å². The number of benzene rings is 2. The van der Waals surface area contributed by atoms with E-state index < -0.39 is 17.8 Å². The molecule has 144 valence electrons. The van der Waals surface area contributed by atoms with Crippen LogP contribution in [0.15, 0.2) is 70.7 Å². The lowest BCUT2D eigenvalue weighted by molar-refractivity contribution is -0.117. The second-order valence-corrected chi connectivity index (χ2v) is 6.64. The van der Waals surface area contributed by atoms with E-state index in [1.807, 2.05) is 0 Å². The summed E-state index contributed by atoms with van der Waals surface area (Å²) in [4.78, 5) is 35.9. The Kier molecular flexibility index (Phi) is 4.66. The zero-order valence-corrected chi connectivity index (χ0v) is 15.5. The van der Waals surface area contributed by atoms with Crippen LogP contribution in [0.3, 0.4) is 0 Å². The van der Waals surface area contributed by atoms with E-state index in [4.69, 9.17) is 21.1 Å². The minimum absolute atomic E-state index is 0.0768.